The molecular weight excluding hydrogens is 1070 g/mol. The Morgan fingerprint density at radius 1 is 0.349 bits per heavy atom. The first-order valence-corrected chi connectivity index (χ1v) is 38.0. The molecule has 9 nitrogen and oxygen atoms in total. The highest BCUT2D eigenvalue weighted by molar-refractivity contribution is 5.71. The average Bonchev–Trinajstić information content (AvgIpc) is 3.63. The molecule has 0 radical (unpaired) electrons. The Morgan fingerprint density at radius 3 is 0.919 bits per heavy atom. The van der Waals surface area contributed by atoms with Gasteiger partial charge >= 0.3 is 17.9 Å². The summed E-state index contributed by atoms with van der Waals surface area (Å²) in [5, 5.41) is 9.75. The van der Waals surface area contributed by atoms with Crippen LogP contribution < -0.4 is 0 Å². The Bertz CT molecular complexity index is 1460. The molecule has 0 spiro atoms. The molecule has 0 aliphatic heterocycles. The molecule has 86 heavy (non-hydrogen) atoms. The zero-order valence-corrected chi connectivity index (χ0v) is 58.3. The molecule has 0 heterocycles. The van der Waals surface area contributed by atoms with Gasteiger partial charge in [0.1, 0.15) is 13.2 Å². The lowest BCUT2D eigenvalue weighted by atomic mass is 10.0. The van der Waals surface area contributed by atoms with Crippen molar-refractivity contribution in [3.63, 3.8) is 0 Å². The number of carbonyl (C=O) groups is 3. The van der Waals surface area contributed by atoms with Crippen LogP contribution in [0.25, 0.3) is 0 Å². The van der Waals surface area contributed by atoms with E-state index in [-0.39, 0.29) is 38.2 Å². The number of rotatable bonds is 72. The Labute approximate surface area is 535 Å². The SMILES string of the molecule is CCCCCCC/C=C\C/C=C\CCCCCCCCCCCCCCCCCCCCCCCCCCCCCC(=O)OC(COC(=O)CCCCCCCCCCCCCCCCCCCCCCCC)COC(OCC[N+](C)(C)C)C(=O)O. The van der Waals surface area contributed by atoms with Gasteiger partial charge in [-0.15, -0.1) is 0 Å². The minimum atomic E-state index is -1.51. The fourth-order valence-electron chi connectivity index (χ4n) is 11.6. The second-order valence-electron chi connectivity index (χ2n) is 27.3. The van der Waals surface area contributed by atoms with E-state index in [0.717, 1.165) is 44.9 Å². The van der Waals surface area contributed by atoms with Gasteiger partial charge in [0.25, 0.3) is 6.29 Å². The summed E-state index contributed by atoms with van der Waals surface area (Å²) in [5.74, 6) is -1.97. The monoisotopic (exact) mass is 1220 g/mol. The summed E-state index contributed by atoms with van der Waals surface area (Å²) in [6, 6.07) is 0. The van der Waals surface area contributed by atoms with Gasteiger partial charge in [-0.05, 0) is 44.9 Å². The van der Waals surface area contributed by atoms with Crippen molar-refractivity contribution in [3.05, 3.63) is 24.3 Å². The molecule has 1 N–H and O–H groups in total. The van der Waals surface area contributed by atoms with Gasteiger partial charge in [0.05, 0.1) is 34.4 Å². The summed E-state index contributed by atoms with van der Waals surface area (Å²) in [4.78, 5) is 37.6. The molecule has 0 aliphatic carbocycles. The van der Waals surface area contributed by atoms with E-state index in [4.69, 9.17) is 18.9 Å². The number of aliphatic carboxylic acids is 1. The number of carbonyl (C=O) groups excluding carboxylic acids is 2. The molecule has 508 valence electrons. The summed E-state index contributed by atoms with van der Waals surface area (Å²) in [5.41, 5.74) is 0. The molecule has 9 heteroatoms. The molecule has 0 saturated carbocycles. The number of quaternary nitrogens is 1. The van der Waals surface area contributed by atoms with Crippen LogP contribution in [0.15, 0.2) is 24.3 Å². The van der Waals surface area contributed by atoms with Crippen LogP contribution in [0, 0.1) is 0 Å². The van der Waals surface area contributed by atoms with Gasteiger partial charge in [-0.3, -0.25) is 9.59 Å². The number of carboxylic acids is 1. The van der Waals surface area contributed by atoms with E-state index in [1.54, 1.807) is 0 Å². The van der Waals surface area contributed by atoms with E-state index in [9.17, 15) is 19.5 Å². The predicted octanol–water partition coefficient (Wildman–Crippen LogP) is 23.8. The molecule has 0 aromatic heterocycles. The van der Waals surface area contributed by atoms with E-state index >= 15 is 0 Å². The highest BCUT2D eigenvalue weighted by Crippen LogP contribution is 2.20. The van der Waals surface area contributed by atoms with E-state index in [2.05, 4.69) is 38.2 Å². The lowest BCUT2D eigenvalue weighted by Crippen LogP contribution is -2.40. The summed E-state index contributed by atoms with van der Waals surface area (Å²) in [6.07, 6.45) is 83.3. The number of nitrogens with zero attached hydrogens (tertiary/aromatic N) is 1. The first-order chi connectivity index (χ1) is 42.1. The van der Waals surface area contributed by atoms with Gasteiger partial charge in [0, 0.05) is 12.8 Å². The topological polar surface area (TPSA) is 108 Å². The van der Waals surface area contributed by atoms with Crippen LogP contribution in [0.2, 0.25) is 0 Å². The van der Waals surface area contributed by atoms with Crippen molar-refractivity contribution in [2.45, 2.75) is 405 Å². The molecule has 0 fully saturated rings. The molecule has 2 atom stereocenters. The van der Waals surface area contributed by atoms with Gasteiger partial charge in [-0.25, -0.2) is 4.79 Å². The lowest BCUT2D eigenvalue weighted by Gasteiger charge is -2.25. The van der Waals surface area contributed by atoms with Crippen molar-refractivity contribution in [1.29, 1.82) is 0 Å². The second-order valence-corrected chi connectivity index (χ2v) is 27.3. The number of likely N-dealkylation sites (N-methyl/N-ethyl adjacent to an activating group) is 1. The Kier molecular flexibility index (Phi) is 66.9. The summed E-state index contributed by atoms with van der Waals surface area (Å²) >= 11 is 0. The maximum Gasteiger partial charge on any atom is 0.361 e. The fraction of sp³-hybridized carbons (Fsp3) is 0.909. The van der Waals surface area contributed by atoms with E-state index in [1.165, 1.54) is 321 Å². The van der Waals surface area contributed by atoms with Gasteiger partial charge in [-0.2, -0.15) is 0 Å². The fourth-order valence-corrected chi connectivity index (χ4v) is 11.6. The van der Waals surface area contributed by atoms with Gasteiger partial charge in [0.2, 0.25) is 0 Å². The molecule has 0 aromatic carbocycles. The Balaban J connectivity index is 3.94. The number of carboxylic acid groups (broad SMARTS) is 1. The van der Waals surface area contributed by atoms with E-state index in [0.29, 0.717) is 17.4 Å². The van der Waals surface area contributed by atoms with Crippen molar-refractivity contribution in [3.8, 4) is 0 Å². The largest absolute Gasteiger partial charge is 0.477 e. The van der Waals surface area contributed by atoms with E-state index in [1.807, 2.05) is 21.1 Å². The maximum absolute atomic E-state index is 13.0. The van der Waals surface area contributed by atoms with Gasteiger partial charge < -0.3 is 28.5 Å². The second kappa shape index (κ2) is 68.7. The number of hydrogen-bond donors (Lipinski definition) is 1. The van der Waals surface area contributed by atoms with Crippen LogP contribution in [0.1, 0.15) is 393 Å². The van der Waals surface area contributed by atoms with Crippen LogP contribution in [0.4, 0.5) is 0 Å². The van der Waals surface area contributed by atoms with Gasteiger partial charge in [-0.1, -0.05) is 359 Å². The van der Waals surface area contributed by atoms with E-state index < -0.39 is 18.4 Å². The third-order valence-electron chi connectivity index (χ3n) is 17.5. The van der Waals surface area contributed by atoms with Crippen molar-refractivity contribution < 1.29 is 42.9 Å². The van der Waals surface area contributed by atoms with Crippen LogP contribution in [0.5, 0.6) is 0 Å². The number of unbranched alkanes of at least 4 members (excludes halogenated alkanes) is 53. The van der Waals surface area contributed by atoms with Crippen LogP contribution in [0.3, 0.4) is 0 Å². The summed E-state index contributed by atoms with van der Waals surface area (Å²) in [7, 11) is 6.00. The van der Waals surface area contributed by atoms with Gasteiger partial charge in [0.15, 0.2) is 6.10 Å². The summed E-state index contributed by atoms with van der Waals surface area (Å²) < 4.78 is 23.0. The maximum atomic E-state index is 13.0. The molecular formula is C77H148NO8+. The molecule has 0 aromatic rings. The number of hydrogen-bond acceptors (Lipinski definition) is 7. The molecule has 0 amide bonds. The summed E-state index contributed by atoms with van der Waals surface area (Å²) in [6.45, 7) is 4.95. The van der Waals surface area contributed by atoms with Crippen molar-refractivity contribution in [2.24, 2.45) is 0 Å². The molecule has 0 rings (SSSR count). The third kappa shape index (κ3) is 69.2. The van der Waals surface area contributed by atoms with Crippen molar-refractivity contribution >= 4 is 17.9 Å². The average molecular weight is 1220 g/mol. The smallest absolute Gasteiger partial charge is 0.361 e. The minimum Gasteiger partial charge on any atom is -0.477 e. The highest BCUT2D eigenvalue weighted by Gasteiger charge is 2.25. The predicted molar refractivity (Wildman–Crippen MR) is 369 cm³/mol. The lowest BCUT2D eigenvalue weighted by molar-refractivity contribution is -0.870. The Morgan fingerprint density at radius 2 is 0.628 bits per heavy atom. The standard InChI is InChI=1S/C77H147NO8/c1-6-8-10-12-14-16-18-20-22-24-26-28-30-31-32-33-34-35-36-37-38-39-40-41-42-43-44-45-46-48-50-52-54-56-58-60-62-64-66-68-75(80)86-73(72-85-77(76(81)82)83-70-69-78(3,4)5)71-84-74(79)67-65-63-61-59-57-55-53-51-49-47-29-27-25-23-21-19-17-15-13-11-9-7-2/h18,20,24,26,73,77H,6-17,19,21-23,25,27-72H2,1-5H3/p+1/b20-18-,26-24-. The first-order valence-electron chi connectivity index (χ1n) is 38.0. The number of esters is 2. The zero-order valence-electron chi connectivity index (χ0n) is 58.3. The first kappa shape index (κ1) is 83.8. The molecule has 0 saturated heterocycles. The zero-order chi connectivity index (χ0) is 62.6. The van der Waals surface area contributed by atoms with Crippen LogP contribution >= 0.6 is 0 Å². The minimum absolute atomic E-state index is 0.173. The third-order valence-corrected chi connectivity index (χ3v) is 17.5. The highest BCUT2D eigenvalue weighted by atomic mass is 16.7. The van der Waals surface area contributed by atoms with Crippen LogP contribution in [-0.4, -0.2) is 87.4 Å². The van der Waals surface area contributed by atoms with Crippen molar-refractivity contribution in [1.82, 2.24) is 0 Å². The molecule has 0 aliphatic rings. The Hall–Kier alpha value is -2.23. The van der Waals surface area contributed by atoms with Crippen LogP contribution in [-0.2, 0) is 33.3 Å². The number of allylic oxidation sites excluding steroid dienone is 4. The van der Waals surface area contributed by atoms with Crippen molar-refractivity contribution in [2.75, 3.05) is 47.5 Å². The number of ether oxygens (including phenoxy) is 4. The quantitative estimate of drug-likeness (QED) is 0.0211. The normalized spacial score (nSPS) is 12.7. The molecule has 0 bridgehead atoms. The molecule has 2 unspecified atom stereocenters.